The van der Waals surface area contributed by atoms with Gasteiger partial charge in [-0.3, -0.25) is 4.90 Å². The zero-order chi connectivity index (χ0) is 20.4. The van der Waals surface area contributed by atoms with Gasteiger partial charge in [-0.15, -0.1) is 13.2 Å². The maximum atomic E-state index is 12.7. The van der Waals surface area contributed by atoms with E-state index in [1.807, 2.05) is 40.1 Å². The molecule has 29 heavy (non-hydrogen) atoms. The maximum Gasteiger partial charge on any atom is 0.573 e. The van der Waals surface area contributed by atoms with Crippen molar-refractivity contribution in [3.05, 3.63) is 65.7 Å². The van der Waals surface area contributed by atoms with Crippen LogP contribution in [0.4, 0.5) is 18.0 Å². The van der Waals surface area contributed by atoms with E-state index in [1.165, 1.54) is 12.1 Å². The molecule has 1 unspecified atom stereocenters. The Kier molecular flexibility index (Phi) is 5.36. The Morgan fingerprint density at radius 2 is 1.59 bits per heavy atom. The van der Waals surface area contributed by atoms with Crippen molar-refractivity contribution < 1.29 is 22.7 Å². The van der Waals surface area contributed by atoms with Gasteiger partial charge in [0.05, 0.1) is 6.04 Å². The molecule has 2 aromatic rings. The molecule has 154 valence electrons. The summed E-state index contributed by atoms with van der Waals surface area (Å²) >= 11 is 0. The van der Waals surface area contributed by atoms with Crippen LogP contribution in [0.5, 0.6) is 5.75 Å². The summed E-state index contributed by atoms with van der Waals surface area (Å²) in [6.45, 7) is 4.06. The van der Waals surface area contributed by atoms with Crippen molar-refractivity contribution in [3.63, 3.8) is 0 Å². The molecule has 0 spiro atoms. The number of ether oxygens (including phenoxy) is 1. The number of benzene rings is 2. The third-order valence-electron chi connectivity index (χ3n) is 5.29. The molecule has 0 aliphatic carbocycles. The largest absolute Gasteiger partial charge is 0.573 e. The second-order valence-corrected chi connectivity index (χ2v) is 7.42. The third kappa shape index (κ3) is 4.82. The normalized spacial score (nSPS) is 20.1. The number of amides is 2. The molecule has 1 atom stereocenters. The molecule has 2 aromatic carbocycles. The lowest BCUT2D eigenvalue weighted by molar-refractivity contribution is -0.274. The van der Waals surface area contributed by atoms with Crippen LogP contribution in [0.3, 0.4) is 0 Å². The highest BCUT2D eigenvalue weighted by atomic mass is 19.4. The van der Waals surface area contributed by atoms with Gasteiger partial charge in [0, 0.05) is 39.3 Å². The van der Waals surface area contributed by atoms with Gasteiger partial charge in [-0.25, -0.2) is 4.79 Å². The van der Waals surface area contributed by atoms with Gasteiger partial charge in [0.1, 0.15) is 5.75 Å². The fraction of sp³-hybridized carbons (Fsp3) is 0.381. The molecule has 0 bridgehead atoms. The van der Waals surface area contributed by atoms with E-state index in [2.05, 4.69) is 9.64 Å². The Morgan fingerprint density at radius 1 is 0.897 bits per heavy atom. The molecule has 2 aliphatic heterocycles. The first-order valence-electron chi connectivity index (χ1n) is 9.54. The van der Waals surface area contributed by atoms with Gasteiger partial charge in [0.25, 0.3) is 0 Å². The lowest BCUT2D eigenvalue weighted by atomic mass is 10.1. The predicted octanol–water partition coefficient (Wildman–Crippen LogP) is 3.71. The summed E-state index contributed by atoms with van der Waals surface area (Å²) in [6.07, 6.45) is -4.68. The minimum absolute atomic E-state index is 0.0761. The monoisotopic (exact) mass is 405 g/mol. The fourth-order valence-electron chi connectivity index (χ4n) is 3.98. The molecular formula is C21H22F3N3O2. The second kappa shape index (κ2) is 7.94. The Morgan fingerprint density at radius 3 is 2.28 bits per heavy atom. The first-order valence-corrected chi connectivity index (χ1v) is 9.54. The molecule has 2 aliphatic rings. The Labute approximate surface area is 167 Å². The highest BCUT2D eigenvalue weighted by Crippen LogP contribution is 2.25. The van der Waals surface area contributed by atoms with E-state index in [0.29, 0.717) is 26.2 Å². The van der Waals surface area contributed by atoms with Crippen molar-refractivity contribution in [2.45, 2.75) is 25.5 Å². The van der Waals surface area contributed by atoms with Crippen LogP contribution in [0.25, 0.3) is 0 Å². The van der Waals surface area contributed by atoms with Gasteiger partial charge in [0.2, 0.25) is 0 Å². The number of carbonyl (C=O) groups excluding carboxylic acids is 1. The number of nitrogens with zero attached hydrogens (tertiary/aromatic N) is 3. The van der Waals surface area contributed by atoms with Crippen LogP contribution in [0.15, 0.2) is 54.6 Å². The van der Waals surface area contributed by atoms with Crippen molar-refractivity contribution in [2.75, 3.05) is 26.2 Å². The number of halogens is 3. The molecule has 5 nitrogen and oxygen atoms in total. The highest BCUT2D eigenvalue weighted by molar-refractivity contribution is 5.77. The zero-order valence-electron chi connectivity index (χ0n) is 15.8. The summed E-state index contributed by atoms with van der Waals surface area (Å²) in [5.74, 6) is -0.219. The van der Waals surface area contributed by atoms with Crippen molar-refractivity contribution >= 4 is 6.03 Å². The Hall–Kier alpha value is -2.74. The van der Waals surface area contributed by atoms with Crippen LogP contribution in [0.2, 0.25) is 0 Å². The maximum absolute atomic E-state index is 12.7. The molecular weight excluding hydrogens is 383 g/mol. The minimum Gasteiger partial charge on any atom is -0.406 e. The average Bonchev–Trinajstić information content (AvgIpc) is 2.98. The molecule has 0 radical (unpaired) electrons. The van der Waals surface area contributed by atoms with Gasteiger partial charge < -0.3 is 14.5 Å². The number of hydrogen-bond donors (Lipinski definition) is 0. The first-order chi connectivity index (χ1) is 13.9. The molecule has 8 heteroatoms. The van der Waals surface area contributed by atoms with Crippen molar-refractivity contribution in [3.8, 4) is 5.75 Å². The standard InChI is InChI=1S/C21H22F3N3O2/c22-21(23,24)29-19-8-6-17(7-9-19)12-25-10-11-27-18(14-25)15-26(20(27)28)13-16-4-2-1-3-5-16/h1-9,18H,10-15H2. The van der Waals surface area contributed by atoms with Gasteiger partial charge in [-0.05, 0) is 23.3 Å². The Bertz CT molecular complexity index is 842. The molecule has 0 aromatic heterocycles. The Balaban J connectivity index is 1.33. The van der Waals surface area contributed by atoms with E-state index in [9.17, 15) is 18.0 Å². The van der Waals surface area contributed by atoms with Crippen LogP contribution in [-0.4, -0.2) is 59.3 Å². The molecule has 4 rings (SSSR count). The topological polar surface area (TPSA) is 36.0 Å². The lowest BCUT2D eigenvalue weighted by Crippen LogP contribution is -2.51. The van der Waals surface area contributed by atoms with Gasteiger partial charge in [0.15, 0.2) is 0 Å². The molecule has 2 heterocycles. The summed E-state index contributed by atoms with van der Waals surface area (Å²) < 4.78 is 40.7. The third-order valence-corrected chi connectivity index (χ3v) is 5.29. The van der Waals surface area contributed by atoms with E-state index in [-0.39, 0.29) is 17.8 Å². The summed E-state index contributed by atoms with van der Waals surface area (Å²) in [6, 6.07) is 16.1. The summed E-state index contributed by atoms with van der Waals surface area (Å²) in [4.78, 5) is 18.7. The quantitative estimate of drug-likeness (QED) is 0.761. The van der Waals surface area contributed by atoms with Crippen LogP contribution in [0, 0.1) is 0 Å². The molecule has 2 amide bonds. The average molecular weight is 405 g/mol. The van der Waals surface area contributed by atoms with Crippen LogP contribution in [-0.2, 0) is 13.1 Å². The molecule has 0 N–H and O–H groups in total. The number of carbonyl (C=O) groups is 1. The fourth-order valence-corrected chi connectivity index (χ4v) is 3.98. The van der Waals surface area contributed by atoms with Crippen molar-refractivity contribution in [1.29, 1.82) is 0 Å². The van der Waals surface area contributed by atoms with Gasteiger partial charge in [-0.2, -0.15) is 0 Å². The molecule has 2 fully saturated rings. The zero-order valence-corrected chi connectivity index (χ0v) is 15.8. The number of rotatable bonds is 5. The van der Waals surface area contributed by atoms with E-state index in [1.54, 1.807) is 12.1 Å². The summed E-state index contributed by atoms with van der Waals surface area (Å²) in [7, 11) is 0. The second-order valence-electron chi connectivity index (χ2n) is 7.42. The minimum atomic E-state index is -4.68. The van der Waals surface area contributed by atoms with Gasteiger partial charge in [-0.1, -0.05) is 42.5 Å². The predicted molar refractivity (Wildman–Crippen MR) is 101 cm³/mol. The number of fused-ring (bicyclic) bond motifs is 1. The van der Waals surface area contributed by atoms with E-state index in [4.69, 9.17) is 0 Å². The highest BCUT2D eigenvalue weighted by Gasteiger charge is 2.40. The van der Waals surface area contributed by atoms with Gasteiger partial charge >= 0.3 is 12.4 Å². The SMILES string of the molecule is O=C1N(Cc2ccccc2)CC2CN(Cc3ccc(OC(F)(F)F)cc3)CCN12. The van der Waals surface area contributed by atoms with Crippen LogP contribution >= 0.6 is 0 Å². The van der Waals surface area contributed by atoms with Crippen LogP contribution < -0.4 is 4.74 Å². The van der Waals surface area contributed by atoms with Crippen molar-refractivity contribution in [1.82, 2.24) is 14.7 Å². The van der Waals surface area contributed by atoms with E-state index < -0.39 is 6.36 Å². The lowest BCUT2D eigenvalue weighted by Gasteiger charge is -2.36. The number of urea groups is 1. The van der Waals surface area contributed by atoms with E-state index >= 15 is 0 Å². The molecule has 0 saturated carbocycles. The van der Waals surface area contributed by atoms with Crippen LogP contribution in [0.1, 0.15) is 11.1 Å². The smallest absolute Gasteiger partial charge is 0.406 e. The summed E-state index contributed by atoms with van der Waals surface area (Å²) in [5.41, 5.74) is 2.03. The first kappa shape index (κ1) is 19.6. The number of alkyl halides is 3. The molecule has 2 saturated heterocycles. The number of piperazine rings is 1. The summed E-state index contributed by atoms with van der Waals surface area (Å²) in [5, 5.41) is 0. The van der Waals surface area contributed by atoms with Crippen molar-refractivity contribution in [2.24, 2.45) is 0 Å². The van der Waals surface area contributed by atoms with E-state index in [0.717, 1.165) is 24.2 Å². The number of hydrogen-bond acceptors (Lipinski definition) is 3.